The Labute approximate surface area is 157 Å². The number of thiophene rings is 2. The van der Waals surface area contributed by atoms with Crippen LogP contribution in [-0.2, 0) is 19.4 Å². The van der Waals surface area contributed by atoms with Crippen molar-refractivity contribution in [2.75, 3.05) is 0 Å². The number of aryl methyl sites for hydroxylation is 1. The maximum absolute atomic E-state index is 13.0. The van der Waals surface area contributed by atoms with E-state index >= 15 is 0 Å². The monoisotopic (exact) mass is 384 g/mol. The molecule has 6 nitrogen and oxygen atoms in total. The number of nitrogens with zero attached hydrogens (tertiary/aromatic N) is 4. The highest BCUT2D eigenvalue weighted by atomic mass is 32.1. The van der Waals surface area contributed by atoms with E-state index in [0.29, 0.717) is 17.6 Å². The molecule has 0 spiro atoms. The van der Waals surface area contributed by atoms with Crippen LogP contribution in [0.25, 0.3) is 21.0 Å². The van der Waals surface area contributed by atoms with Crippen molar-refractivity contribution >= 4 is 32.9 Å². The molecule has 0 radical (unpaired) electrons. The second-order valence-electron chi connectivity index (χ2n) is 6.70. The van der Waals surface area contributed by atoms with E-state index in [1.807, 2.05) is 17.5 Å². The minimum absolute atomic E-state index is 0.00970. The summed E-state index contributed by atoms with van der Waals surface area (Å²) in [5.74, 6) is 1.64. The lowest BCUT2D eigenvalue weighted by Crippen LogP contribution is -2.22. The summed E-state index contributed by atoms with van der Waals surface area (Å²) in [5.41, 5.74) is 1.19. The van der Waals surface area contributed by atoms with Crippen molar-refractivity contribution in [1.82, 2.24) is 19.7 Å². The summed E-state index contributed by atoms with van der Waals surface area (Å²) in [7, 11) is 0. The summed E-state index contributed by atoms with van der Waals surface area (Å²) in [5, 5.41) is 6.75. The van der Waals surface area contributed by atoms with Crippen LogP contribution in [0, 0.1) is 5.92 Å². The SMILES string of the molecule is CC1CCc2c(sc3ncn(Cc4noc(-c5cccs5)n4)c(=O)c23)C1. The first-order valence-electron chi connectivity index (χ1n) is 8.55. The molecule has 0 aromatic carbocycles. The second-order valence-corrected chi connectivity index (χ2v) is 8.73. The molecule has 0 amide bonds. The fourth-order valence-corrected chi connectivity index (χ4v) is 5.44. The number of aromatic nitrogens is 4. The molecule has 0 fully saturated rings. The van der Waals surface area contributed by atoms with Gasteiger partial charge in [-0.3, -0.25) is 9.36 Å². The minimum Gasteiger partial charge on any atom is -0.333 e. The van der Waals surface area contributed by atoms with Crippen LogP contribution < -0.4 is 5.56 Å². The van der Waals surface area contributed by atoms with Gasteiger partial charge in [0.2, 0.25) is 0 Å². The Balaban J connectivity index is 1.52. The molecule has 0 saturated carbocycles. The molecule has 0 saturated heterocycles. The van der Waals surface area contributed by atoms with E-state index in [9.17, 15) is 4.79 Å². The standard InChI is InChI=1S/C18H16N4O2S2/c1-10-4-5-11-13(7-10)26-17-15(11)18(23)22(9-19-17)8-14-20-16(24-21-14)12-3-2-6-25-12/h2-3,6,9-10H,4-5,7-8H2,1H3. The first kappa shape index (κ1) is 15.9. The summed E-state index contributed by atoms with van der Waals surface area (Å²) in [4.78, 5) is 25.0. The van der Waals surface area contributed by atoms with Crippen molar-refractivity contribution in [3.8, 4) is 10.8 Å². The lowest BCUT2D eigenvalue weighted by atomic mass is 9.89. The van der Waals surface area contributed by atoms with Gasteiger partial charge in [-0.15, -0.1) is 22.7 Å². The molecular weight excluding hydrogens is 368 g/mol. The number of hydrogen-bond acceptors (Lipinski definition) is 7. The third-order valence-corrected chi connectivity index (χ3v) is 6.81. The Morgan fingerprint density at radius 2 is 2.35 bits per heavy atom. The predicted molar refractivity (Wildman–Crippen MR) is 102 cm³/mol. The Kier molecular flexibility index (Phi) is 3.75. The molecule has 0 aliphatic heterocycles. The highest BCUT2D eigenvalue weighted by Crippen LogP contribution is 2.35. The second kappa shape index (κ2) is 6.14. The molecule has 4 heterocycles. The largest absolute Gasteiger partial charge is 0.333 e. The average molecular weight is 384 g/mol. The van der Waals surface area contributed by atoms with Crippen LogP contribution in [0.4, 0.5) is 0 Å². The molecule has 4 aromatic heterocycles. The fourth-order valence-electron chi connectivity index (χ4n) is 3.45. The van der Waals surface area contributed by atoms with Gasteiger partial charge >= 0.3 is 0 Å². The zero-order valence-electron chi connectivity index (χ0n) is 14.1. The molecule has 1 atom stereocenters. The smallest absolute Gasteiger partial charge is 0.268 e. The number of fused-ring (bicyclic) bond motifs is 3. The Morgan fingerprint density at radius 1 is 1.42 bits per heavy atom. The van der Waals surface area contributed by atoms with E-state index in [1.165, 1.54) is 10.4 Å². The van der Waals surface area contributed by atoms with Crippen LogP contribution in [0.1, 0.15) is 29.6 Å². The zero-order valence-corrected chi connectivity index (χ0v) is 15.8. The van der Waals surface area contributed by atoms with E-state index in [0.717, 1.165) is 34.4 Å². The third-order valence-electron chi connectivity index (χ3n) is 4.79. The summed E-state index contributed by atoms with van der Waals surface area (Å²) in [6, 6.07) is 3.87. The van der Waals surface area contributed by atoms with Crippen molar-refractivity contribution in [3.63, 3.8) is 0 Å². The Morgan fingerprint density at radius 3 is 3.19 bits per heavy atom. The molecular formula is C18H16N4O2S2. The van der Waals surface area contributed by atoms with Gasteiger partial charge in [0.05, 0.1) is 23.1 Å². The quantitative estimate of drug-likeness (QED) is 0.538. The Hall–Kier alpha value is -2.32. The topological polar surface area (TPSA) is 73.8 Å². The average Bonchev–Trinajstić information content (AvgIpc) is 3.35. The molecule has 0 N–H and O–H groups in total. The van der Waals surface area contributed by atoms with E-state index in [-0.39, 0.29) is 12.1 Å². The lowest BCUT2D eigenvalue weighted by molar-refractivity contribution is 0.421. The summed E-state index contributed by atoms with van der Waals surface area (Å²) >= 11 is 3.20. The maximum atomic E-state index is 13.0. The van der Waals surface area contributed by atoms with Gasteiger partial charge in [0.1, 0.15) is 4.83 Å². The van der Waals surface area contributed by atoms with Crippen LogP contribution in [-0.4, -0.2) is 19.7 Å². The van der Waals surface area contributed by atoms with E-state index in [1.54, 1.807) is 33.6 Å². The van der Waals surface area contributed by atoms with Crippen molar-refractivity contribution < 1.29 is 4.52 Å². The van der Waals surface area contributed by atoms with Crippen molar-refractivity contribution in [1.29, 1.82) is 0 Å². The summed E-state index contributed by atoms with van der Waals surface area (Å²) in [6.07, 6.45) is 4.73. The molecule has 0 bridgehead atoms. The van der Waals surface area contributed by atoms with Gasteiger partial charge in [0.15, 0.2) is 5.82 Å². The van der Waals surface area contributed by atoms with Crippen molar-refractivity contribution in [2.24, 2.45) is 5.92 Å². The normalized spacial score (nSPS) is 16.9. The van der Waals surface area contributed by atoms with Crippen LogP contribution in [0.5, 0.6) is 0 Å². The lowest BCUT2D eigenvalue weighted by Gasteiger charge is -2.17. The molecule has 1 unspecified atom stereocenters. The Bertz CT molecular complexity index is 1140. The number of hydrogen-bond donors (Lipinski definition) is 0. The molecule has 4 aromatic rings. The summed E-state index contributed by atoms with van der Waals surface area (Å²) < 4.78 is 6.89. The van der Waals surface area contributed by atoms with Crippen LogP contribution in [0.2, 0.25) is 0 Å². The molecule has 26 heavy (non-hydrogen) atoms. The highest BCUT2D eigenvalue weighted by molar-refractivity contribution is 7.18. The van der Waals surface area contributed by atoms with Gasteiger partial charge in [-0.2, -0.15) is 4.98 Å². The molecule has 5 rings (SSSR count). The van der Waals surface area contributed by atoms with Gasteiger partial charge < -0.3 is 4.52 Å². The van der Waals surface area contributed by atoms with Crippen LogP contribution >= 0.6 is 22.7 Å². The first-order chi connectivity index (χ1) is 12.7. The minimum atomic E-state index is -0.00970. The molecule has 132 valence electrons. The maximum Gasteiger partial charge on any atom is 0.268 e. The molecule has 1 aliphatic rings. The van der Waals surface area contributed by atoms with Crippen LogP contribution in [0.15, 0.2) is 33.2 Å². The van der Waals surface area contributed by atoms with E-state index in [4.69, 9.17) is 4.52 Å². The first-order valence-corrected chi connectivity index (χ1v) is 10.2. The van der Waals surface area contributed by atoms with E-state index < -0.39 is 0 Å². The third kappa shape index (κ3) is 2.60. The molecule has 8 heteroatoms. The van der Waals surface area contributed by atoms with Gasteiger partial charge in [-0.05, 0) is 42.2 Å². The van der Waals surface area contributed by atoms with Gasteiger partial charge in [0.25, 0.3) is 11.4 Å². The zero-order chi connectivity index (χ0) is 17.7. The predicted octanol–water partition coefficient (Wildman–Crippen LogP) is 3.74. The van der Waals surface area contributed by atoms with Crippen molar-refractivity contribution in [2.45, 2.75) is 32.7 Å². The highest BCUT2D eigenvalue weighted by Gasteiger charge is 2.23. The van der Waals surface area contributed by atoms with Gasteiger partial charge in [0, 0.05) is 4.88 Å². The van der Waals surface area contributed by atoms with Crippen LogP contribution in [0.3, 0.4) is 0 Å². The fraction of sp³-hybridized carbons (Fsp3) is 0.333. The summed E-state index contributed by atoms with van der Waals surface area (Å²) in [6.45, 7) is 2.53. The van der Waals surface area contributed by atoms with Gasteiger partial charge in [-0.1, -0.05) is 18.1 Å². The van der Waals surface area contributed by atoms with E-state index in [2.05, 4.69) is 22.0 Å². The van der Waals surface area contributed by atoms with Crippen molar-refractivity contribution in [3.05, 3.63) is 50.5 Å². The van der Waals surface area contributed by atoms with Gasteiger partial charge in [-0.25, -0.2) is 4.98 Å². The molecule has 1 aliphatic carbocycles. The number of rotatable bonds is 3.